The minimum atomic E-state index is -0.154. The fourth-order valence-corrected chi connectivity index (χ4v) is 3.90. The van der Waals surface area contributed by atoms with Gasteiger partial charge in [-0.25, -0.2) is 4.98 Å². The first kappa shape index (κ1) is 20.2. The third kappa shape index (κ3) is 4.20. The minimum Gasteiger partial charge on any atom is -0.375 e. The quantitative estimate of drug-likeness (QED) is 0.517. The smallest absolute Gasteiger partial charge is 0.251 e. The van der Waals surface area contributed by atoms with E-state index in [4.69, 9.17) is 9.26 Å². The van der Waals surface area contributed by atoms with Gasteiger partial charge in [0.1, 0.15) is 11.3 Å². The van der Waals surface area contributed by atoms with Crippen molar-refractivity contribution in [1.29, 1.82) is 0 Å². The maximum atomic E-state index is 12.8. The molecule has 1 atom stereocenters. The molecule has 1 aliphatic heterocycles. The SMILES string of the molecule is CC1CN(c2ccc(CNC(=O)c3ccc4noc(-c5ccccc5)c4c3)cn2)CCO1. The van der Waals surface area contributed by atoms with Crippen LogP contribution >= 0.6 is 0 Å². The van der Waals surface area contributed by atoms with E-state index in [1.54, 1.807) is 12.1 Å². The van der Waals surface area contributed by atoms with Gasteiger partial charge in [-0.3, -0.25) is 4.79 Å². The fraction of sp³-hybridized carbons (Fsp3) is 0.240. The van der Waals surface area contributed by atoms with Crippen molar-refractivity contribution in [2.24, 2.45) is 0 Å². The molecule has 0 aliphatic carbocycles. The largest absolute Gasteiger partial charge is 0.375 e. The van der Waals surface area contributed by atoms with Gasteiger partial charge in [-0.1, -0.05) is 41.6 Å². The van der Waals surface area contributed by atoms with Crippen LogP contribution in [-0.2, 0) is 11.3 Å². The van der Waals surface area contributed by atoms with E-state index in [-0.39, 0.29) is 12.0 Å². The van der Waals surface area contributed by atoms with Gasteiger partial charge < -0.3 is 19.5 Å². The van der Waals surface area contributed by atoms with Gasteiger partial charge in [-0.2, -0.15) is 0 Å². The molecule has 7 heteroatoms. The van der Waals surface area contributed by atoms with E-state index in [2.05, 4.69) is 27.3 Å². The molecule has 0 radical (unpaired) electrons. The number of morpholine rings is 1. The van der Waals surface area contributed by atoms with Gasteiger partial charge in [-0.15, -0.1) is 0 Å². The second-order valence-electron chi connectivity index (χ2n) is 7.94. The lowest BCUT2D eigenvalue weighted by Gasteiger charge is -2.32. The van der Waals surface area contributed by atoms with Crippen molar-refractivity contribution in [3.8, 4) is 11.3 Å². The summed E-state index contributed by atoms with van der Waals surface area (Å²) >= 11 is 0. The number of carbonyl (C=O) groups is 1. The van der Waals surface area contributed by atoms with Gasteiger partial charge in [0.2, 0.25) is 0 Å². The molecule has 1 unspecified atom stereocenters. The predicted octanol–water partition coefficient (Wildman–Crippen LogP) is 4.04. The Morgan fingerprint density at radius 3 is 2.81 bits per heavy atom. The molecular formula is C25H24N4O3. The highest BCUT2D eigenvalue weighted by Crippen LogP contribution is 2.29. The number of amides is 1. The molecule has 1 N–H and O–H groups in total. The van der Waals surface area contributed by atoms with Gasteiger partial charge in [0.15, 0.2) is 5.76 Å². The van der Waals surface area contributed by atoms with E-state index in [0.29, 0.717) is 24.5 Å². The number of hydrogen-bond acceptors (Lipinski definition) is 6. The molecule has 7 nitrogen and oxygen atoms in total. The number of benzene rings is 2. The normalized spacial score (nSPS) is 16.3. The first-order valence-electron chi connectivity index (χ1n) is 10.7. The zero-order chi connectivity index (χ0) is 21.9. The van der Waals surface area contributed by atoms with Crippen molar-refractivity contribution in [2.45, 2.75) is 19.6 Å². The highest BCUT2D eigenvalue weighted by molar-refractivity contribution is 6.00. The number of nitrogens with zero attached hydrogens (tertiary/aromatic N) is 3. The second-order valence-corrected chi connectivity index (χ2v) is 7.94. The lowest BCUT2D eigenvalue weighted by atomic mass is 10.1. The van der Waals surface area contributed by atoms with Crippen molar-refractivity contribution in [1.82, 2.24) is 15.5 Å². The van der Waals surface area contributed by atoms with E-state index >= 15 is 0 Å². The number of pyridine rings is 1. The second kappa shape index (κ2) is 8.80. The Balaban J connectivity index is 1.27. The number of nitrogens with one attached hydrogen (secondary N) is 1. The Morgan fingerprint density at radius 1 is 1.16 bits per heavy atom. The number of aromatic nitrogens is 2. The maximum absolute atomic E-state index is 12.8. The van der Waals surface area contributed by atoms with Gasteiger partial charge >= 0.3 is 0 Å². The Bertz CT molecular complexity index is 1220. The summed E-state index contributed by atoms with van der Waals surface area (Å²) in [4.78, 5) is 19.6. The number of rotatable bonds is 5. The van der Waals surface area contributed by atoms with E-state index < -0.39 is 0 Å². The molecule has 4 aromatic rings. The lowest BCUT2D eigenvalue weighted by Crippen LogP contribution is -2.41. The Morgan fingerprint density at radius 2 is 2.03 bits per heavy atom. The highest BCUT2D eigenvalue weighted by Gasteiger charge is 2.18. The average molecular weight is 428 g/mol. The van der Waals surface area contributed by atoms with Crippen LogP contribution < -0.4 is 10.2 Å². The van der Waals surface area contributed by atoms with Crippen molar-refractivity contribution >= 4 is 22.6 Å². The summed E-state index contributed by atoms with van der Waals surface area (Å²) in [5, 5.41) is 7.90. The number of anilines is 1. The molecule has 1 fully saturated rings. The van der Waals surface area contributed by atoms with Crippen LogP contribution in [0.1, 0.15) is 22.8 Å². The molecule has 162 valence electrons. The summed E-state index contributed by atoms with van der Waals surface area (Å²) < 4.78 is 11.1. The van der Waals surface area contributed by atoms with Gasteiger partial charge in [0.05, 0.1) is 18.1 Å². The van der Waals surface area contributed by atoms with Gasteiger partial charge in [-0.05, 0) is 36.8 Å². The van der Waals surface area contributed by atoms with E-state index in [1.165, 1.54) is 0 Å². The van der Waals surface area contributed by atoms with Crippen molar-refractivity contribution < 1.29 is 14.1 Å². The minimum absolute atomic E-state index is 0.154. The first-order valence-corrected chi connectivity index (χ1v) is 10.7. The van der Waals surface area contributed by atoms with Gasteiger partial charge in [0.25, 0.3) is 5.91 Å². The molecule has 2 aromatic carbocycles. The Hall–Kier alpha value is -3.71. The predicted molar refractivity (Wildman–Crippen MR) is 122 cm³/mol. The summed E-state index contributed by atoms with van der Waals surface area (Å²) in [6.45, 7) is 4.85. The molecule has 0 bridgehead atoms. The summed E-state index contributed by atoms with van der Waals surface area (Å²) in [6, 6.07) is 19.1. The first-order chi connectivity index (χ1) is 15.7. The topological polar surface area (TPSA) is 80.5 Å². The van der Waals surface area contributed by atoms with E-state index in [9.17, 15) is 4.79 Å². The Labute approximate surface area is 186 Å². The van der Waals surface area contributed by atoms with E-state index in [0.717, 1.165) is 40.9 Å². The molecule has 3 heterocycles. The molecule has 1 saturated heterocycles. The number of hydrogen-bond donors (Lipinski definition) is 1. The number of fused-ring (bicyclic) bond motifs is 1. The van der Waals surface area contributed by atoms with Crippen LogP contribution in [0.2, 0.25) is 0 Å². The average Bonchev–Trinajstić information content (AvgIpc) is 3.27. The molecule has 1 aliphatic rings. The summed E-state index contributed by atoms with van der Waals surface area (Å²) in [7, 11) is 0. The van der Waals surface area contributed by atoms with Gasteiger partial charge in [0, 0.05) is 37.0 Å². The molecular weight excluding hydrogens is 404 g/mol. The number of carbonyl (C=O) groups excluding carboxylic acids is 1. The molecule has 5 rings (SSSR count). The lowest BCUT2D eigenvalue weighted by molar-refractivity contribution is 0.0529. The monoisotopic (exact) mass is 428 g/mol. The van der Waals surface area contributed by atoms with Crippen LogP contribution in [0.5, 0.6) is 0 Å². The Kier molecular flexibility index (Phi) is 5.56. The van der Waals surface area contributed by atoms with Crippen LogP contribution in [0, 0.1) is 0 Å². The zero-order valence-electron chi connectivity index (χ0n) is 17.8. The van der Waals surface area contributed by atoms with Crippen LogP contribution in [0.4, 0.5) is 5.82 Å². The van der Waals surface area contributed by atoms with Crippen molar-refractivity contribution in [3.63, 3.8) is 0 Å². The van der Waals surface area contributed by atoms with Crippen LogP contribution in [0.15, 0.2) is 71.4 Å². The van der Waals surface area contributed by atoms with E-state index in [1.807, 2.05) is 54.7 Å². The number of ether oxygens (including phenoxy) is 1. The summed E-state index contributed by atoms with van der Waals surface area (Å²) in [5.41, 5.74) is 3.15. The third-order valence-electron chi connectivity index (χ3n) is 5.60. The molecule has 32 heavy (non-hydrogen) atoms. The van der Waals surface area contributed by atoms with Crippen LogP contribution in [-0.4, -0.2) is 41.8 Å². The highest BCUT2D eigenvalue weighted by atomic mass is 16.5. The van der Waals surface area contributed by atoms with Crippen molar-refractivity contribution in [2.75, 3.05) is 24.6 Å². The zero-order valence-corrected chi connectivity index (χ0v) is 17.8. The molecule has 1 amide bonds. The maximum Gasteiger partial charge on any atom is 0.251 e. The fourth-order valence-electron chi connectivity index (χ4n) is 3.90. The molecule has 2 aromatic heterocycles. The summed E-state index contributed by atoms with van der Waals surface area (Å²) in [5.74, 6) is 1.44. The van der Waals surface area contributed by atoms with Crippen LogP contribution in [0.25, 0.3) is 22.2 Å². The van der Waals surface area contributed by atoms with Crippen LogP contribution in [0.3, 0.4) is 0 Å². The standard InChI is InChI=1S/C25H24N4O3/c1-17-16-29(11-12-31-17)23-10-7-18(14-26-23)15-27-25(30)20-8-9-22-21(13-20)24(32-28-22)19-5-3-2-4-6-19/h2-10,13-14,17H,11-12,15-16H2,1H3,(H,27,30). The third-order valence-corrected chi connectivity index (χ3v) is 5.60. The molecule has 0 saturated carbocycles. The van der Waals surface area contributed by atoms with Crippen molar-refractivity contribution in [3.05, 3.63) is 78.0 Å². The summed E-state index contributed by atoms with van der Waals surface area (Å²) in [6.07, 6.45) is 2.02. The molecule has 0 spiro atoms.